The Hall–Kier alpha value is -7.82. The maximum absolute atomic E-state index is 2.45. The molecule has 0 amide bonds. The number of nitrogens with zero attached hydrogens (tertiary/aromatic N) is 4. The van der Waals surface area contributed by atoms with E-state index in [9.17, 15) is 0 Å². The van der Waals surface area contributed by atoms with E-state index in [4.69, 9.17) is 0 Å². The Bertz CT molecular complexity index is 3360. The van der Waals surface area contributed by atoms with Gasteiger partial charge in [0, 0.05) is 55.7 Å². The molecule has 11 aromatic rings. The zero-order valence-corrected chi connectivity index (χ0v) is 42.3. The van der Waals surface area contributed by atoms with Crippen LogP contribution in [0.4, 0.5) is 34.1 Å². The van der Waals surface area contributed by atoms with Crippen molar-refractivity contribution in [1.29, 1.82) is 0 Å². The molecular weight excluding hydrogens is 849 g/mol. The minimum atomic E-state index is 0.0248. The molecule has 0 aliphatic carbocycles. The molecule has 11 rings (SSSR count). The first-order valence-corrected chi connectivity index (χ1v) is 24.8. The number of benzene rings is 9. The summed E-state index contributed by atoms with van der Waals surface area (Å²) < 4.78 is 4.79. The SMILES string of the molecule is Cc1cc(C(C)(C)C)cc(C)c1N(c1ccc(N(c2ccc(-n3c4ccccc4c4ccccc43)cc2)c2c(C)cc(C(C)(C)C)cc2C)cc1)c1ccc(-n2c3ccccc3c3ccccc32)cc1. The van der Waals surface area contributed by atoms with Crippen molar-refractivity contribution in [3.8, 4) is 11.4 Å². The summed E-state index contributed by atoms with van der Waals surface area (Å²) in [5, 5.41) is 5.05. The van der Waals surface area contributed by atoms with E-state index in [1.807, 2.05) is 0 Å². The molecule has 4 heteroatoms. The molecule has 70 heavy (non-hydrogen) atoms. The molecule has 0 aliphatic rings. The Balaban J connectivity index is 1.05. The van der Waals surface area contributed by atoms with Crippen molar-refractivity contribution in [1.82, 2.24) is 9.13 Å². The molecule has 0 atom stereocenters. The fourth-order valence-electron chi connectivity index (χ4n) is 11.0. The quantitative estimate of drug-likeness (QED) is 0.151. The fraction of sp³-hybridized carbons (Fsp3) is 0.182. The van der Waals surface area contributed by atoms with Gasteiger partial charge in [-0.2, -0.15) is 0 Å². The molecule has 0 radical (unpaired) electrons. The van der Waals surface area contributed by atoms with E-state index in [1.165, 1.54) is 88.4 Å². The average Bonchev–Trinajstić information content (AvgIpc) is 3.87. The van der Waals surface area contributed by atoms with Gasteiger partial charge in [0.05, 0.1) is 33.4 Å². The maximum Gasteiger partial charge on any atom is 0.0541 e. The first-order chi connectivity index (χ1) is 33.7. The number of fused-ring (bicyclic) bond motifs is 6. The minimum absolute atomic E-state index is 0.0248. The smallest absolute Gasteiger partial charge is 0.0541 e. The molecule has 0 aliphatic heterocycles. The van der Waals surface area contributed by atoms with Gasteiger partial charge in [0.15, 0.2) is 0 Å². The third-order valence-corrected chi connectivity index (χ3v) is 14.4. The van der Waals surface area contributed by atoms with Gasteiger partial charge in [-0.05, 0) is 169 Å². The third kappa shape index (κ3) is 7.63. The molecule has 2 heterocycles. The highest BCUT2D eigenvalue weighted by molar-refractivity contribution is 6.10. The number of aryl methyl sites for hydroxylation is 4. The number of para-hydroxylation sites is 4. The van der Waals surface area contributed by atoms with Crippen LogP contribution >= 0.6 is 0 Å². The summed E-state index contributed by atoms with van der Waals surface area (Å²) in [4.78, 5) is 4.91. The fourth-order valence-corrected chi connectivity index (χ4v) is 11.0. The molecule has 0 spiro atoms. The van der Waals surface area contributed by atoms with E-state index in [0.717, 1.165) is 34.1 Å². The molecular formula is C66H62N4. The Kier molecular flexibility index (Phi) is 10.8. The van der Waals surface area contributed by atoms with Crippen LogP contribution in [0.15, 0.2) is 194 Å². The van der Waals surface area contributed by atoms with Gasteiger partial charge in [-0.1, -0.05) is 139 Å². The maximum atomic E-state index is 2.45. The Morgan fingerprint density at radius 1 is 0.300 bits per heavy atom. The Morgan fingerprint density at radius 3 is 0.771 bits per heavy atom. The van der Waals surface area contributed by atoms with Gasteiger partial charge < -0.3 is 18.9 Å². The number of hydrogen-bond donors (Lipinski definition) is 0. The van der Waals surface area contributed by atoms with Gasteiger partial charge in [-0.15, -0.1) is 0 Å². The van der Waals surface area contributed by atoms with E-state index in [-0.39, 0.29) is 10.8 Å². The highest BCUT2D eigenvalue weighted by Crippen LogP contribution is 2.45. The van der Waals surface area contributed by atoms with Crippen LogP contribution in [-0.2, 0) is 10.8 Å². The molecule has 0 unspecified atom stereocenters. The summed E-state index contributed by atoms with van der Waals surface area (Å²) in [6, 6.07) is 71.9. The minimum Gasteiger partial charge on any atom is -0.310 e. The van der Waals surface area contributed by atoms with Crippen molar-refractivity contribution in [3.63, 3.8) is 0 Å². The van der Waals surface area contributed by atoms with Gasteiger partial charge in [0.2, 0.25) is 0 Å². The van der Waals surface area contributed by atoms with Crippen LogP contribution < -0.4 is 9.80 Å². The molecule has 0 fully saturated rings. The van der Waals surface area contributed by atoms with E-state index in [0.29, 0.717) is 0 Å². The van der Waals surface area contributed by atoms with E-state index < -0.39 is 0 Å². The molecule has 0 saturated heterocycles. The number of rotatable bonds is 8. The second kappa shape index (κ2) is 17.0. The number of aromatic nitrogens is 2. The van der Waals surface area contributed by atoms with Gasteiger partial charge in [0.1, 0.15) is 0 Å². The molecule has 2 aromatic heterocycles. The highest BCUT2D eigenvalue weighted by atomic mass is 15.2. The molecule has 0 N–H and O–H groups in total. The lowest BCUT2D eigenvalue weighted by Crippen LogP contribution is -2.17. The van der Waals surface area contributed by atoms with Crippen LogP contribution in [0.5, 0.6) is 0 Å². The van der Waals surface area contributed by atoms with Gasteiger partial charge in [0.25, 0.3) is 0 Å². The van der Waals surface area contributed by atoms with Crippen LogP contribution in [-0.4, -0.2) is 9.13 Å². The van der Waals surface area contributed by atoms with Gasteiger partial charge in [-0.25, -0.2) is 0 Å². The first kappa shape index (κ1) is 44.7. The van der Waals surface area contributed by atoms with Crippen LogP contribution in [0, 0.1) is 27.7 Å². The molecule has 4 nitrogen and oxygen atoms in total. The standard InChI is InChI=1S/C66H62N4/c1-43-39-47(65(5,6)7)40-44(2)63(43)67(51-31-35-53(36-32-51)69-59-23-15-11-19-55(59)56-20-12-16-24-60(56)69)49-27-29-50(30-28-49)68(64-45(3)41-48(42-46(64)4)66(8,9)10)52-33-37-54(38-34-52)70-61-25-17-13-21-57(61)58-22-14-18-26-62(58)70/h11-42H,1-10H3. The molecule has 0 saturated carbocycles. The van der Waals surface area contributed by atoms with Crippen molar-refractivity contribution < 1.29 is 0 Å². The Labute approximate surface area is 413 Å². The van der Waals surface area contributed by atoms with Gasteiger partial charge in [-0.3, -0.25) is 0 Å². The van der Waals surface area contributed by atoms with E-state index >= 15 is 0 Å². The van der Waals surface area contributed by atoms with Crippen molar-refractivity contribution in [3.05, 3.63) is 228 Å². The molecule has 9 aromatic carbocycles. The topological polar surface area (TPSA) is 16.3 Å². The Morgan fingerprint density at radius 2 is 0.529 bits per heavy atom. The summed E-state index contributed by atoms with van der Waals surface area (Å²) in [5.74, 6) is 0. The summed E-state index contributed by atoms with van der Waals surface area (Å²) in [7, 11) is 0. The monoisotopic (exact) mass is 910 g/mol. The lowest BCUT2D eigenvalue weighted by atomic mass is 9.84. The number of anilines is 6. The van der Waals surface area contributed by atoms with Crippen molar-refractivity contribution in [2.75, 3.05) is 9.80 Å². The molecule has 0 bridgehead atoms. The summed E-state index contributed by atoms with van der Waals surface area (Å²) in [6.07, 6.45) is 0. The third-order valence-electron chi connectivity index (χ3n) is 14.4. The summed E-state index contributed by atoms with van der Waals surface area (Å²) >= 11 is 0. The summed E-state index contributed by atoms with van der Waals surface area (Å²) in [5.41, 5.74) is 21.6. The summed E-state index contributed by atoms with van der Waals surface area (Å²) in [6.45, 7) is 22.9. The van der Waals surface area contributed by atoms with Crippen molar-refractivity contribution in [2.45, 2.75) is 80.1 Å². The zero-order chi connectivity index (χ0) is 48.6. The lowest BCUT2D eigenvalue weighted by Gasteiger charge is -2.33. The van der Waals surface area contributed by atoms with Crippen LogP contribution in [0.25, 0.3) is 55.0 Å². The average molecular weight is 911 g/mol. The van der Waals surface area contributed by atoms with Crippen molar-refractivity contribution >= 4 is 77.7 Å². The van der Waals surface area contributed by atoms with E-state index in [1.54, 1.807) is 0 Å². The van der Waals surface area contributed by atoms with E-state index in [2.05, 4.69) is 282 Å². The van der Waals surface area contributed by atoms with Gasteiger partial charge >= 0.3 is 0 Å². The normalized spacial score (nSPS) is 12.1. The predicted molar refractivity (Wildman–Crippen MR) is 301 cm³/mol. The highest BCUT2D eigenvalue weighted by Gasteiger charge is 2.25. The van der Waals surface area contributed by atoms with Crippen LogP contribution in [0.3, 0.4) is 0 Å². The predicted octanol–water partition coefficient (Wildman–Crippen LogP) is 18.6. The van der Waals surface area contributed by atoms with Crippen LogP contribution in [0.1, 0.15) is 74.9 Å². The molecule has 346 valence electrons. The van der Waals surface area contributed by atoms with Crippen molar-refractivity contribution in [2.24, 2.45) is 0 Å². The second-order valence-electron chi connectivity index (χ2n) is 21.4. The lowest BCUT2D eigenvalue weighted by molar-refractivity contribution is 0.589. The zero-order valence-electron chi connectivity index (χ0n) is 42.3. The largest absolute Gasteiger partial charge is 0.310 e. The second-order valence-corrected chi connectivity index (χ2v) is 21.4. The first-order valence-electron chi connectivity index (χ1n) is 24.8. The number of hydrogen-bond acceptors (Lipinski definition) is 2. The van der Waals surface area contributed by atoms with Crippen LogP contribution in [0.2, 0.25) is 0 Å².